The lowest BCUT2D eigenvalue weighted by atomic mass is 9.97. The van der Waals surface area contributed by atoms with Gasteiger partial charge in [0.05, 0.1) is 13.2 Å². The normalized spacial score (nSPS) is 51.7. The maximum atomic E-state index is 9.94. The summed E-state index contributed by atoms with van der Waals surface area (Å²) in [5.74, 6) is 0. The van der Waals surface area contributed by atoms with Gasteiger partial charge in [-0.05, 0) is 0 Å². The van der Waals surface area contributed by atoms with Gasteiger partial charge in [-0.1, -0.05) is 0 Å². The second-order valence-corrected chi connectivity index (χ2v) is 5.53. The van der Waals surface area contributed by atoms with E-state index in [2.05, 4.69) is 0 Å². The minimum absolute atomic E-state index is 0.667. The van der Waals surface area contributed by atoms with Crippen LogP contribution in [-0.4, -0.2) is 115 Å². The Labute approximate surface area is 130 Å². The van der Waals surface area contributed by atoms with Crippen molar-refractivity contribution < 1.29 is 55.1 Å². The molecule has 0 amide bonds. The van der Waals surface area contributed by atoms with Crippen LogP contribution in [0.25, 0.3) is 0 Å². The van der Waals surface area contributed by atoms with E-state index < -0.39 is 74.6 Å². The number of hydrogen-bond acceptors (Lipinski definition) is 11. The number of aliphatic hydroxyl groups is 8. The predicted molar refractivity (Wildman–Crippen MR) is 68.6 cm³/mol. The van der Waals surface area contributed by atoms with Crippen molar-refractivity contribution in [2.45, 2.75) is 61.4 Å². The van der Waals surface area contributed by atoms with E-state index in [0.717, 1.165) is 0 Å². The summed E-state index contributed by atoms with van der Waals surface area (Å²) in [4.78, 5) is 0. The first-order valence-electron chi connectivity index (χ1n) is 7.08. The van der Waals surface area contributed by atoms with Crippen LogP contribution >= 0.6 is 0 Å². The van der Waals surface area contributed by atoms with Crippen LogP contribution in [-0.2, 0) is 14.2 Å². The Kier molecular flexibility index (Phi) is 6.27. The topological polar surface area (TPSA) is 190 Å². The summed E-state index contributed by atoms with van der Waals surface area (Å²) in [6, 6.07) is 0. The molecule has 0 aliphatic carbocycles. The van der Waals surface area contributed by atoms with Gasteiger partial charge in [0.15, 0.2) is 12.6 Å². The van der Waals surface area contributed by atoms with Gasteiger partial charge in [0.1, 0.15) is 48.8 Å². The molecule has 0 aromatic heterocycles. The molecule has 0 aromatic carbocycles. The molecule has 11 nitrogen and oxygen atoms in total. The van der Waals surface area contributed by atoms with E-state index in [1.54, 1.807) is 0 Å². The molecule has 2 rings (SSSR count). The summed E-state index contributed by atoms with van der Waals surface area (Å²) in [5.41, 5.74) is 0. The molecular weight excluding hydrogens is 320 g/mol. The van der Waals surface area contributed by atoms with Crippen molar-refractivity contribution in [3.8, 4) is 0 Å². The molecule has 8 N–H and O–H groups in total. The second-order valence-electron chi connectivity index (χ2n) is 5.53. The van der Waals surface area contributed by atoms with Crippen LogP contribution in [0.4, 0.5) is 0 Å². The molecule has 0 bridgehead atoms. The molecule has 11 heteroatoms. The fourth-order valence-corrected chi connectivity index (χ4v) is 2.57. The van der Waals surface area contributed by atoms with Crippen molar-refractivity contribution in [3.05, 3.63) is 0 Å². The van der Waals surface area contributed by atoms with Crippen LogP contribution in [0.5, 0.6) is 0 Å². The molecule has 0 saturated carbocycles. The zero-order valence-corrected chi connectivity index (χ0v) is 12.0. The van der Waals surface area contributed by atoms with Crippen molar-refractivity contribution in [3.63, 3.8) is 0 Å². The van der Waals surface area contributed by atoms with Crippen molar-refractivity contribution in [1.82, 2.24) is 0 Å². The van der Waals surface area contributed by atoms with Gasteiger partial charge < -0.3 is 55.1 Å². The van der Waals surface area contributed by atoms with E-state index in [4.69, 9.17) is 19.3 Å². The SMILES string of the molecule is OC[C@@H]1O[C@H](O)[C@@H](O)[C@H](O)[C@H]1O[C@@H]1O[C@H](CO)[C@@H](O)[C@@H](O)[C@@H]1O. The summed E-state index contributed by atoms with van der Waals surface area (Å²) in [7, 11) is 0. The van der Waals surface area contributed by atoms with Crippen LogP contribution in [0.15, 0.2) is 0 Å². The number of aliphatic hydroxyl groups excluding tert-OH is 8. The molecule has 23 heavy (non-hydrogen) atoms. The van der Waals surface area contributed by atoms with Gasteiger partial charge in [0, 0.05) is 0 Å². The largest absolute Gasteiger partial charge is 0.394 e. The van der Waals surface area contributed by atoms with E-state index in [1.165, 1.54) is 0 Å². The highest BCUT2D eigenvalue weighted by atomic mass is 16.7. The molecule has 2 aliphatic heterocycles. The molecule has 0 aromatic rings. The Morgan fingerprint density at radius 2 is 1.26 bits per heavy atom. The van der Waals surface area contributed by atoms with E-state index in [9.17, 15) is 35.7 Å². The standard InChI is InChI=1S/C12H22O11/c13-1-3-5(15)6(16)9(19)12(22-3)23-10-4(2-14)21-11(20)8(18)7(10)17/h3-20H,1-2H2/t3-,4+,5-,6-,7+,8+,9+,10+,11+,12+/m1/s1. The Hall–Kier alpha value is -0.440. The third kappa shape index (κ3) is 3.65. The molecule has 136 valence electrons. The van der Waals surface area contributed by atoms with Crippen LogP contribution in [0.1, 0.15) is 0 Å². The lowest BCUT2D eigenvalue weighted by molar-refractivity contribution is -0.355. The fraction of sp³-hybridized carbons (Fsp3) is 1.00. The van der Waals surface area contributed by atoms with Gasteiger partial charge in [0.25, 0.3) is 0 Å². The molecule has 0 radical (unpaired) electrons. The minimum atomic E-state index is -1.74. The average Bonchev–Trinajstić information content (AvgIpc) is 2.55. The summed E-state index contributed by atoms with van der Waals surface area (Å²) in [6.45, 7) is -1.35. The quantitative estimate of drug-likeness (QED) is 0.243. The molecule has 10 atom stereocenters. The first-order chi connectivity index (χ1) is 10.8. The van der Waals surface area contributed by atoms with Gasteiger partial charge in [-0.15, -0.1) is 0 Å². The first kappa shape index (κ1) is 18.9. The Morgan fingerprint density at radius 3 is 1.83 bits per heavy atom. The van der Waals surface area contributed by atoms with Crippen LogP contribution < -0.4 is 0 Å². The lowest BCUT2D eigenvalue weighted by Crippen LogP contribution is -2.64. The summed E-state index contributed by atoms with van der Waals surface area (Å²) >= 11 is 0. The molecular formula is C12H22O11. The van der Waals surface area contributed by atoms with Gasteiger partial charge in [-0.3, -0.25) is 0 Å². The average molecular weight is 342 g/mol. The highest BCUT2D eigenvalue weighted by molar-refractivity contribution is 4.93. The van der Waals surface area contributed by atoms with Crippen molar-refractivity contribution in [2.75, 3.05) is 13.2 Å². The van der Waals surface area contributed by atoms with Crippen LogP contribution in [0.2, 0.25) is 0 Å². The smallest absolute Gasteiger partial charge is 0.187 e. The molecule has 2 saturated heterocycles. The van der Waals surface area contributed by atoms with Crippen LogP contribution in [0.3, 0.4) is 0 Å². The third-order valence-electron chi connectivity index (χ3n) is 3.98. The van der Waals surface area contributed by atoms with Crippen molar-refractivity contribution in [1.29, 1.82) is 0 Å². The minimum Gasteiger partial charge on any atom is -0.394 e. The van der Waals surface area contributed by atoms with E-state index in [0.29, 0.717) is 0 Å². The van der Waals surface area contributed by atoms with Gasteiger partial charge in [-0.2, -0.15) is 0 Å². The molecule has 0 unspecified atom stereocenters. The summed E-state index contributed by atoms with van der Waals surface area (Å²) < 4.78 is 15.3. The Bertz CT molecular complexity index is 378. The van der Waals surface area contributed by atoms with Gasteiger partial charge in [-0.25, -0.2) is 0 Å². The van der Waals surface area contributed by atoms with Crippen molar-refractivity contribution in [2.24, 2.45) is 0 Å². The molecule has 2 aliphatic rings. The Morgan fingerprint density at radius 1 is 0.652 bits per heavy atom. The number of rotatable bonds is 4. The fourth-order valence-electron chi connectivity index (χ4n) is 2.57. The van der Waals surface area contributed by atoms with Gasteiger partial charge in [0.2, 0.25) is 0 Å². The third-order valence-corrected chi connectivity index (χ3v) is 3.98. The predicted octanol–water partition coefficient (Wildman–Crippen LogP) is -5.40. The zero-order valence-electron chi connectivity index (χ0n) is 12.0. The van der Waals surface area contributed by atoms with Crippen molar-refractivity contribution >= 4 is 0 Å². The molecule has 2 heterocycles. The first-order valence-corrected chi connectivity index (χ1v) is 7.08. The maximum Gasteiger partial charge on any atom is 0.187 e. The van der Waals surface area contributed by atoms with E-state index in [1.807, 2.05) is 0 Å². The second kappa shape index (κ2) is 7.63. The summed E-state index contributed by atoms with van der Waals surface area (Å²) in [5, 5.41) is 76.5. The highest BCUT2D eigenvalue weighted by Gasteiger charge is 2.50. The molecule has 0 spiro atoms. The molecule has 2 fully saturated rings. The Balaban J connectivity index is 2.11. The van der Waals surface area contributed by atoms with E-state index >= 15 is 0 Å². The lowest BCUT2D eigenvalue weighted by Gasteiger charge is -2.45. The zero-order chi connectivity index (χ0) is 17.3. The number of hydrogen-bond donors (Lipinski definition) is 8. The van der Waals surface area contributed by atoms with E-state index in [-0.39, 0.29) is 0 Å². The van der Waals surface area contributed by atoms with Crippen LogP contribution in [0, 0.1) is 0 Å². The summed E-state index contributed by atoms with van der Waals surface area (Å²) in [6.07, 6.45) is -15.6. The number of ether oxygens (including phenoxy) is 3. The maximum absolute atomic E-state index is 9.94. The monoisotopic (exact) mass is 342 g/mol. The highest BCUT2D eigenvalue weighted by Crippen LogP contribution is 2.28. The van der Waals surface area contributed by atoms with Gasteiger partial charge >= 0.3 is 0 Å².